The van der Waals surface area contributed by atoms with Gasteiger partial charge in [-0.2, -0.15) is 0 Å². The zero-order chi connectivity index (χ0) is 20.0. The van der Waals surface area contributed by atoms with E-state index in [1.54, 1.807) is 0 Å². The molecule has 10 nitrogen and oxygen atoms in total. The van der Waals surface area contributed by atoms with Crippen LogP contribution in [0.1, 0.15) is 34.6 Å². The van der Waals surface area contributed by atoms with Crippen LogP contribution in [0.5, 0.6) is 0 Å². The predicted octanol–water partition coefficient (Wildman–Crippen LogP) is 0.0481. The van der Waals surface area contributed by atoms with Crippen LogP contribution in [0, 0.1) is 0 Å². The summed E-state index contributed by atoms with van der Waals surface area (Å²) in [5.41, 5.74) is -0.106. The Morgan fingerprint density at radius 1 is 0.923 bits per heavy atom. The smallest absolute Gasteiger partial charge is 0.303 e. The maximum Gasteiger partial charge on any atom is 0.303 e. The molecule has 3 atom stereocenters. The van der Waals surface area contributed by atoms with E-state index in [1.807, 2.05) is 0 Å². The molecule has 26 heavy (non-hydrogen) atoms. The van der Waals surface area contributed by atoms with Crippen LogP contribution in [0.4, 0.5) is 0 Å². The van der Waals surface area contributed by atoms with Crippen LogP contribution in [0.3, 0.4) is 0 Å². The number of imide groups is 1. The van der Waals surface area contributed by atoms with Crippen LogP contribution in [-0.4, -0.2) is 59.5 Å². The van der Waals surface area contributed by atoms with Crippen molar-refractivity contribution >= 4 is 29.7 Å². The number of carbonyl (C=O) groups is 5. The lowest BCUT2D eigenvalue weighted by Gasteiger charge is -2.38. The average Bonchev–Trinajstić information content (AvgIpc) is 2.47. The summed E-state index contributed by atoms with van der Waals surface area (Å²) >= 11 is 0. The number of esters is 3. The number of amides is 2. The quantitative estimate of drug-likeness (QED) is 0.486. The van der Waals surface area contributed by atoms with Crippen LogP contribution in [-0.2, 0) is 42.9 Å². The second kappa shape index (κ2) is 8.97. The minimum absolute atomic E-state index is 0.106. The standard InChI is InChI=1S/C16H21NO9/c1-8(18)17(9(2)19)13-6-24-14(7-23-10(3)20)16(26-12(5)22)15(13)25-11(4)21/h6,14-16H,7H2,1-5H3. The monoisotopic (exact) mass is 371 g/mol. The highest BCUT2D eigenvalue weighted by atomic mass is 16.6. The molecule has 1 aliphatic heterocycles. The maximum atomic E-state index is 11.8. The third-order valence-electron chi connectivity index (χ3n) is 3.25. The minimum Gasteiger partial charge on any atom is -0.488 e. The highest BCUT2D eigenvalue weighted by Crippen LogP contribution is 2.28. The van der Waals surface area contributed by atoms with Crippen molar-refractivity contribution in [3.05, 3.63) is 12.0 Å². The lowest BCUT2D eigenvalue weighted by Crippen LogP contribution is -2.53. The molecule has 144 valence electrons. The van der Waals surface area contributed by atoms with Gasteiger partial charge in [0.2, 0.25) is 11.8 Å². The molecule has 1 aliphatic rings. The highest BCUT2D eigenvalue weighted by Gasteiger charge is 2.45. The van der Waals surface area contributed by atoms with Crippen molar-refractivity contribution in [2.45, 2.75) is 52.9 Å². The normalized spacial score (nSPS) is 21.6. The molecule has 0 aromatic heterocycles. The van der Waals surface area contributed by atoms with Crippen molar-refractivity contribution < 1.29 is 42.9 Å². The van der Waals surface area contributed by atoms with Crippen LogP contribution < -0.4 is 0 Å². The van der Waals surface area contributed by atoms with Crippen LogP contribution in [0.15, 0.2) is 12.0 Å². The number of hydrogen-bond donors (Lipinski definition) is 0. The van der Waals surface area contributed by atoms with E-state index in [-0.39, 0.29) is 12.3 Å². The van der Waals surface area contributed by atoms with Gasteiger partial charge in [0.1, 0.15) is 18.6 Å². The Morgan fingerprint density at radius 2 is 1.46 bits per heavy atom. The molecule has 3 unspecified atom stereocenters. The summed E-state index contributed by atoms with van der Waals surface area (Å²) in [6.45, 7) is 5.40. The molecule has 0 aromatic carbocycles. The summed E-state index contributed by atoms with van der Waals surface area (Å²) in [5.74, 6) is -3.35. The van der Waals surface area contributed by atoms with Gasteiger partial charge < -0.3 is 18.9 Å². The molecule has 0 radical (unpaired) electrons. The van der Waals surface area contributed by atoms with Gasteiger partial charge in [0.05, 0.1) is 0 Å². The van der Waals surface area contributed by atoms with E-state index in [1.165, 1.54) is 6.92 Å². The summed E-state index contributed by atoms with van der Waals surface area (Å²) in [5, 5.41) is 0. The topological polar surface area (TPSA) is 126 Å². The number of nitrogens with zero attached hydrogens (tertiary/aromatic N) is 1. The highest BCUT2D eigenvalue weighted by molar-refractivity contribution is 5.95. The molecule has 0 N–H and O–H groups in total. The van der Waals surface area contributed by atoms with E-state index in [2.05, 4.69) is 0 Å². The summed E-state index contributed by atoms with van der Waals surface area (Å²) in [7, 11) is 0. The summed E-state index contributed by atoms with van der Waals surface area (Å²) < 4.78 is 20.6. The largest absolute Gasteiger partial charge is 0.488 e. The molecule has 0 fully saturated rings. The fourth-order valence-electron chi connectivity index (χ4n) is 2.40. The van der Waals surface area contributed by atoms with E-state index in [0.29, 0.717) is 0 Å². The number of rotatable bonds is 5. The third kappa shape index (κ3) is 5.57. The van der Waals surface area contributed by atoms with Crippen LogP contribution in [0.25, 0.3) is 0 Å². The number of ether oxygens (including phenoxy) is 4. The van der Waals surface area contributed by atoms with Crippen molar-refractivity contribution in [3.8, 4) is 0 Å². The Balaban J connectivity index is 3.33. The first-order valence-electron chi connectivity index (χ1n) is 7.69. The van der Waals surface area contributed by atoms with Gasteiger partial charge in [0.25, 0.3) is 0 Å². The van der Waals surface area contributed by atoms with Gasteiger partial charge in [0.15, 0.2) is 18.3 Å². The van der Waals surface area contributed by atoms with Gasteiger partial charge in [-0.25, -0.2) is 4.90 Å². The molecule has 0 saturated heterocycles. The molecule has 0 aromatic rings. The molecule has 0 saturated carbocycles. The van der Waals surface area contributed by atoms with E-state index < -0.39 is 48.0 Å². The average molecular weight is 371 g/mol. The zero-order valence-corrected chi connectivity index (χ0v) is 15.1. The SMILES string of the molecule is CC(=O)OCC1OC=C(N(C(C)=O)C(C)=O)C(OC(C)=O)C1OC(C)=O. The molecule has 2 amide bonds. The Bertz CT molecular complexity index is 626. The molecule has 0 aliphatic carbocycles. The van der Waals surface area contributed by atoms with Gasteiger partial charge in [0, 0.05) is 34.6 Å². The third-order valence-corrected chi connectivity index (χ3v) is 3.25. The van der Waals surface area contributed by atoms with Crippen molar-refractivity contribution in [2.24, 2.45) is 0 Å². The number of hydrogen-bond acceptors (Lipinski definition) is 9. The fourth-order valence-corrected chi connectivity index (χ4v) is 2.40. The zero-order valence-electron chi connectivity index (χ0n) is 15.1. The molecular weight excluding hydrogens is 350 g/mol. The number of carbonyl (C=O) groups excluding carboxylic acids is 5. The molecule has 10 heteroatoms. The molecular formula is C16H21NO9. The van der Waals surface area contributed by atoms with Gasteiger partial charge in [-0.3, -0.25) is 24.0 Å². The first-order valence-corrected chi connectivity index (χ1v) is 7.69. The first kappa shape index (κ1) is 21.1. The van der Waals surface area contributed by atoms with E-state index in [0.717, 1.165) is 38.9 Å². The molecule has 1 heterocycles. The predicted molar refractivity (Wildman–Crippen MR) is 83.9 cm³/mol. The summed E-state index contributed by atoms with van der Waals surface area (Å²) in [6, 6.07) is 0. The Kier molecular flexibility index (Phi) is 7.29. The van der Waals surface area contributed by atoms with E-state index in [4.69, 9.17) is 18.9 Å². The van der Waals surface area contributed by atoms with E-state index >= 15 is 0 Å². The summed E-state index contributed by atoms with van der Waals surface area (Å²) in [4.78, 5) is 58.4. The van der Waals surface area contributed by atoms with Gasteiger partial charge in [-0.05, 0) is 0 Å². The van der Waals surface area contributed by atoms with Crippen molar-refractivity contribution in [1.29, 1.82) is 0 Å². The van der Waals surface area contributed by atoms with Crippen molar-refractivity contribution in [3.63, 3.8) is 0 Å². The van der Waals surface area contributed by atoms with Gasteiger partial charge in [-0.15, -0.1) is 0 Å². The second-order valence-electron chi connectivity index (χ2n) is 5.50. The molecule has 0 spiro atoms. The van der Waals surface area contributed by atoms with Crippen LogP contribution >= 0.6 is 0 Å². The lowest BCUT2D eigenvalue weighted by atomic mass is 10.0. The van der Waals surface area contributed by atoms with Gasteiger partial charge in [-0.1, -0.05) is 0 Å². The molecule has 1 rings (SSSR count). The van der Waals surface area contributed by atoms with Gasteiger partial charge >= 0.3 is 17.9 Å². The van der Waals surface area contributed by atoms with Crippen LogP contribution in [0.2, 0.25) is 0 Å². The van der Waals surface area contributed by atoms with Crippen molar-refractivity contribution in [1.82, 2.24) is 4.90 Å². The molecule has 0 bridgehead atoms. The Morgan fingerprint density at radius 3 is 1.88 bits per heavy atom. The first-order chi connectivity index (χ1) is 12.0. The lowest BCUT2D eigenvalue weighted by molar-refractivity contribution is -0.183. The summed E-state index contributed by atoms with van der Waals surface area (Å²) in [6.07, 6.45) is -2.50. The Hall–Kier alpha value is -2.91. The fraction of sp³-hybridized carbons (Fsp3) is 0.562. The van der Waals surface area contributed by atoms with E-state index in [9.17, 15) is 24.0 Å². The second-order valence-corrected chi connectivity index (χ2v) is 5.50. The Labute approximate surface area is 150 Å². The maximum absolute atomic E-state index is 11.8. The minimum atomic E-state index is -1.31. The van der Waals surface area contributed by atoms with Crippen molar-refractivity contribution in [2.75, 3.05) is 6.61 Å².